The Kier molecular flexibility index (Phi) is 17.8. The Bertz CT molecular complexity index is 1750. The van der Waals surface area contributed by atoms with Crippen molar-refractivity contribution >= 4 is 97.3 Å². The van der Waals surface area contributed by atoms with Crippen LogP contribution in [0.3, 0.4) is 0 Å². The fourth-order valence-corrected chi connectivity index (χ4v) is 8.01. The number of rotatable bonds is 8. The maximum atomic E-state index is 13.1. The molecule has 2 fully saturated rings. The van der Waals surface area contributed by atoms with Crippen molar-refractivity contribution in [3.8, 4) is 11.5 Å². The minimum Gasteiger partial charge on any atom is -0.490 e. The fraction of sp³-hybridized carbons (Fsp3) is 0.400. The van der Waals surface area contributed by atoms with Crippen LogP contribution >= 0.6 is 79.3 Å². The normalized spacial score (nSPS) is 17.0. The van der Waals surface area contributed by atoms with Gasteiger partial charge < -0.3 is 34.2 Å². The average Bonchev–Trinajstić information content (AvgIpc) is 3.77. The molecule has 2 saturated heterocycles. The number of carbonyl (C=O) groups excluding carboxylic acids is 3. The molecular weight excluding hydrogens is 895 g/mol. The summed E-state index contributed by atoms with van der Waals surface area (Å²) in [5.41, 5.74) is -0.574. The Morgan fingerprint density at radius 1 is 0.792 bits per heavy atom. The van der Waals surface area contributed by atoms with E-state index in [-0.39, 0.29) is 61.4 Å². The lowest BCUT2D eigenvalue weighted by Crippen LogP contribution is -2.58. The number of pyridine rings is 2. The Labute approximate surface area is 346 Å². The van der Waals surface area contributed by atoms with Gasteiger partial charge in [-0.2, -0.15) is 0 Å². The Hall–Kier alpha value is -2.99. The van der Waals surface area contributed by atoms with Crippen LogP contribution in [0.15, 0.2) is 80.9 Å². The number of aromatic nitrogens is 2. The third-order valence-corrected chi connectivity index (χ3v) is 11.0. The molecule has 4 aromatic rings. The van der Waals surface area contributed by atoms with Crippen LogP contribution < -0.4 is 14.8 Å². The average molecular weight is 938 g/mol. The molecule has 3 amide bonds. The van der Waals surface area contributed by atoms with Crippen LogP contribution in [0.1, 0.15) is 40.1 Å². The smallest absolute Gasteiger partial charge is 0.410 e. The first-order valence-corrected chi connectivity index (χ1v) is 19.6. The van der Waals surface area contributed by atoms with Crippen molar-refractivity contribution < 1.29 is 28.6 Å². The minimum atomic E-state index is -0.574. The highest BCUT2D eigenvalue weighted by Gasteiger charge is 2.36. The summed E-state index contributed by atoms with van der Waals surface area (Å²) in [7, 11) is 0. The first-order valence-electron chi connectivity index (χ1n) is 16.3. The Balaban J connectivity index is 0.000000284. The number of piperazine rings is 2. The highest BCUT2D eigenvalue weighted by molar-refractivity contribution is 9.11. The maximum Gasteiger partial charge on any atom is 0.410 e. The van der Waals surface area contributed by atoms with Crippen LogP contribution in [0, 0.1) is 0 Å². The first-order chi connectivity index (χ1) is 24.5. The molecule has 53 heavy (non-hydrogen) atoms. The molecule has 0 aliphatic carbocycles. The van der Waals surface area contributed by atoms with E-state index < -0.39 is 5.60 Å². The van der Waals surface area contributed by atoms with Crippen LogP contribution in [0.25, 0.3) is 0 Å². The van der Waals surface area contributed by atoms with Crippen LogP contribution in [0.4, 0.5) is 4.79 Å². The molecule has 12 nitrogen and oxygen atoms in total. The van der Waals surface area contributed by atoms with Crippen LogP contribution in [-0.2, 0) is 4.74 Å². The molecule has 0 bridgehead atoms. The van der Waals surface area contributed by atoms with Gasteiger partial charge in [-0.1, -0.05) is 0 Å². The van der Waals surface area contributed by atoms with Gasteiger partial charge in [0.2, 0.25) is 0 Å². The number of hydrogen-bond acceptors (Lipinski definition) is 11. The Morgan fingerprint density at radius 2 is 1.32 bits per heavy atom. The summed E-state index contributed by atoms with van der Waals surface area (Å²) in [6, 6.07) is 14.4. The number of nitrogens with one attached hydrogen (secondary N) is 1. The highest BCUT2D eigenvalue weighted by Crippen LogP contribution is 2.27. The topological polar surface area (TPSA) is 126 Å². The number of halogens is 4. The maximum absolute atomic E-state index is 13.1. The van der Waals surface area contributed by atoms with Crippen LogP contribution in [0.2, 0.25) is 0 Å². The monoisotopic (exact) mass is 934 g/mol. The van der Waals surface area contributed by atoms with E-state index in [1.807, 2.05) is 62.1 Å². The van der Waals surface area contributed by atoms with Gasteiger partial charge in [0, 0.05) is 51.7 Å². The lowest BCUT2D eigenvalue weighted by atomic mass is 10.1. The van der Waals surface area contributed by atoms with Gasteiger partial charge in [0.1, 0.15) is 30.3 Å². The van der Waals surface area contributed by atoms with Crippen LogP contribution in [0.5, 0.6) is 11.5 Å². The van der Waals surface area contributed by atoms with Crippen LogP contribution in [-0.4, -0.2) is 113 Å². The lowest BCUT2D eigenvalue weighted by molar-refractivity contribution is -0.000835. The zero-order valence-corrected chi connectivity index (χ0v) is 35.8. The molecule has 6 rings (SSSR count). The summed E-state index contributed by atoms with van der Waals surface area (Å²) >= 11 is 9.66. The molecule has 0 spiro atoms. The second-order valence-corrected chi connectivity index (χ2v) is 17.6. The van der Waals surface area contributed by atoms with Gasteiger partial charge >= 0.3 is 6.09 Å². The molecule has 288 valence electrons. The van der Waals surface area contributed by atoms with Gasteiger partial charge in [0.05, 0.1) is 41.8 Å². The zero-order valence-electron chi connectivity index (χ0n) is 29.3. The second-order valence-electron chi connectivity index (χ2n) is 12.6. The van der Waals surface area contributed by atoms with E-state index >= 15 is 0 Å². The second kappa shape index (κ2) is 21.2. The summed E-state index contributed by atoms with van der Waals surface area (Å²) in [5, 5.41) is 3.32. The molecule has 0 saturated carbocycles. The van der Waals surface area contributed by atoms with E-state index in [0.717, 1.165) is 31.3 Å². The molecule has 6 heterocycles. The molecule has 2 aliphatic heterocycles. The predicted octanol–water partition coefficient (Wildman–Crippen LogP) is 7.29. The van der Waals surface area contributed by atoms with Crippen molar-refractivity contribution in [1.82, 2.24) is 30.0 Å². The van der Waals surface area contributed by atoms with Crippen molar-refractivity contribution in [2.24, 2.45) is 0 Å². The van der Waals surface area contributed by atoms with Crippen molar-refractivity contribution in [3.05, 3.63) is 90.6 Å². The SMILES string of the molecule is CC(C)(C)OC(=O)N1CCN(C(=O)c2ccc(Br)s2)C(COc2cccnc2)C1.Cl.Cl.O=C(c1ccc(Br)s1)N1CCNCC1COc1cccnc1. The number of hydrogen-bond donors (Lipinski definition) is 1. The van der Waals surface area contributed by atoms with Crippen molar-refractivity contribution in [2.75, 3.05) is 52.5 Å². The zero-order chi connectivity index (χ0) is 36.4. The highest BCUT2D eigenvalue weighted by atomic mass is 79.9. The molecule has 0 radical (unpaired) electrons. The van der Waals surface area contributed by atoms with Crippen molar-refractivity contribution in [1.29, 1.82) is 0 Å². The molecule has 18 heteroatoms. The summed E-state index contributed by atoms with van der Waals surface area (Å²) in [6.07, 6.45) is 6.30. The molecule has 0 aromatic carbocycles. The summed E-state index contributed by atoms with van der Waals surface area (Å²) < 4.78 is 19.0. The third-order valence-electron chi connectivity index (χ3n) is 7.73. The molecule has 2 aliphatic rings. The summed E-state index contributed by atoms with van der Waals surface area (Å²) in [6.45, 7) is 9.61. The molecule has 2 unspecified atom stereocenters. The number of nitrogens with zero attached hydrogens (tertiary/aromatic N) is 5. The predicted molar refractivity (Wildman–Crippen MR) is 218 cm³/mol. The number of thiophene rings is 2. The van der Waals surface area contributed by atoms with E-state index in [0.29, 0.717) is 43.4 Å². The van der Waals surface area contributed by atoms with Gasteiger partial charge in [-0.3, -0.25) is 19.6 Å². The van der Waals surface area contributed by atoms with Crippen molar-refractivity contribution in [3.63, 3.8) is 0 Å². The minimum absolute atomic E-state index is 0. The molecule has 2 atom stereocenters. The quantitative estimate of drug-likeness (QED) is 0.194. The number of carbonyl (C=O) groups is 3. The van der Waals surface area contributed by atoms with Gasteiger partial charge in [0.15, 0.2) is 0 Å². The fourth-order valence-electron chi connectivity index (χ4n) is 5.33. The van der Waals surface area contributed by atoms with Gasteiger partial charge in [-0.05, 0) is 101 Å². The van der Waals surface area contributed by atoms with E-state index in [1.165, 1.54) is 22.7 Å². The van der Waals surface area contributed by atoms with Crippen molar-refractivity contribution in [2.45, 2.75) is 38.5 Å². The summed E-state index contributed by atoms with van der Waals surface area (Å²) in [5.74, 6) is 1.34. The van der Waals surface area contributed by atoms with E-state index in [9.17, 15) is 14.4 Å². The summed E-state index contributed by atoms with van der Waals surface area (Å²) in [4.78, 5) is 53.0. The standard InChI is InChI=1S/C20H24BrN3O4S.C15H16BrN3O2S.2ClH/c1-20(2,3)28-19(26)23-9-10-24(18(25)16-6-7-17(21)29-16)14(12-23)13-27-15-5-4-8-22-11-15;16-14-4-3-13(22-14)15(20)19-7-6-18-8-11(19)10-21-12-2-1-5-17-9-12;;/h4-8,11,14H,9-10,12-13H2,1-3H3;1-5,9,11,18H,6-8,10H2;2*1H. The Morgan fingerprint density at radius 3 is 1.79 bits per heavy atom. The lowest BCUT2D eigenvalue weighted by Gasteiger charge is -2.41. The molecule has 4 aromatic heterocycles. The van der Waals surface area contributed by atoms with Gasteiger partial charge in [0.25, 0.3) is 11.8 Å². The molecular formula is C35H42Br2Cl2N6O6S2. The third kappa shape index (κ3) is 13.4. The largest absolute Gasteiger partial charge is 0.490 e. The van der Waals surface area contributed by atoms with Gasteiger partial charge in [-0.25, -0.2) is 4.79 Å². The van der Waals surface area contributed by atoms with E-state index in [2.05, 4.69) is 47.1 Å². The number of amides is 3. The number of ether oxygens (including phenoxy) is 3. The van der Waals surface area contributed by atoms with E-state index in [1.54, 1.807) is 46.7 Å². The first kappa shape index (κ1) is 44.4. The van der Waals surface area contributed by atoms with Gasteiger partial charge in [-0.15, -0.1) is 47.5 Å². The molecule has 1 N–H and O–H groups in total. The van der Waals surface area contributed by atoms with E-state index in [4.69, 9.17) is 14.2 Å².